The Labute approximate surface area is 118 Å². The Morgan fingerprint density at radius 1 is 0.750 bits per heavy atom. The summed E-state index contributed by atoms with van der Waals surface area (Å²) in [6, 6.07) is 16.7. The average molecular weight is 261 g/mol. The lowest BCUT2D eigenvalue weighted by atomic mass is 10.0. The Morgan fingerprint density at radius 3 is 2.25 bits per heavy atom. The topological polar surface area (TPSA) is 21.3 Å². The van der Waals surface area contributed by atoms with E-state index in [9.17, 15) is 0 Å². The molecule has 98 valence electrons. The molecule has 0 amide bonds. The van der Waals surface area contributed by atoms with E-state index < -0.39 is 0 Å². The van der Waals surface area contributed by atoms with Gasteiger partial charge in [-0.2, -0.15) is 0 Å². The fraction of sp³-hybridized carbons (Fsp3) is 0.111. The SMILES string of the molecule is Cc1cc2cc3c(cc2cc1C)Oc1ccccc1N3. The molecule has 1 N–H and O–H groups in total. The molecule has 0 aromatic heterocycles. The van der Waals surface area contributed by atoms with Crippen molar-refractivity contribution in [2.45, 2.75) is 13.8 Å². The van der Waals surface area contributed by atoms with Gasteiger partial charge in [0.2, 0.25) is 0 Å². The van der Waals surface area contributed by atoms with Crippen LogP contribution in [0, 0.1) is 13.8 Å². The monoisotopic (exact) mass is 261 g/mol. The summed E-state index contributed by atoms with van der Waals surface area (Å²) in [7, 11) is 0. The molecule has 1 aliphatic rings. The third-order valence-corrected chi connectivity index (χ3v) is 3.93. The van der Waals surface area contributed by atoms with E-state index in [1.54, 1.807) is 0 Å². The first-order chi connectivity index (χ1) is 9.70. The van der Waals surface area contributed by atoms with E-state index in [2.05, 4.69) is 43.4 Å². The molecule has 20 heavy (non-hydrogen) atoms. The molecule has 0 fully saturated rings. The van der Waals surface area contributed by atoms with Gasteiger partial charge < -0.3 is 10.1 Å². The number of hydrogen-bond donors (Lipinski definition) is 1. The largest absolute Gasteiger partial charge is 0.453 e. The summed E-state index contributed by atoms with van der Waals surface area (Å²) < 4.78 is 5.99. The van der Waals surface area contributed by atoms with Crippen LogP contribution in [0.1, 0.15) is 11.1 Å². The van der Waals surface area contributed by atoms with Crippen LogP contribution in [0.3, 0.4) is 0 Å². The number of hydrogen-bond acceptors (Lipinski definition) is 2. The summed E-state index contributed by atoms with van der Waals surface area (Å²) in [5, 5.41) is 5.90. The highest BCUT2D eigenvalue weighted by atomic mass is 16.5. The molecule has 1 aliphatic heterocycles. The van der Waals surface area contributed by atoms with Gasteiger partial charge in [0.15, 0.2) is 11.5 Å². The lowest BCUT2D eigenvalue weighted by Gasteiger charge is -2.22. The molecule has 0 bridgehead atoms. The second kappa shape index (κ2) is 4.01. The first-order valence-corrected chi connectivity index (χ1v) is 6.79. The fourth-order valence-corrected chi connectivity index (χ4v) is 2.66. The highest BCUT2D eigenvalue weighted by Crippen LogP contribution is 2.43. The van der Waals surface area contributed by atoms with E-state index in [-0.39, 0.29) is 0 Å². The molecule has 0 spiro atoms. The Morgan fingerprint density at radius 2 is 1.45 bits per heavy atom. The van der Waals surface area contributed by atoms with Crippen LogP contribution in [0.25, 0.3) is 10.8 Å². The van der Waals surface area contributed by atoms with Crippen LogP contribution >= 0.6 is 0 Å². The number of rotatable bonds is 0. The van der Waals surface area contributed by atoms with Crippen molar-refractivity contribution in [3.63, 3.8) is 0 Å². The molecule has 0 unspecified atom stereocenters. The second-order valence-corrected chi connectivity index (χ2v) is 5.36. The number of anilines is 2. The maximum Gasteiger partial charge on any atom is 0.151 e. The Bertz CT molecular complexity index is 767. The van der Waals surface area contributed by atoms with E-state index in [4.69, 9.17) is 4.74 Å². The van der Waals surface area contributed by atoms with Crippen molar-refractivity contribution in [3.05, 3.63) is 59.7 Å². The molecular weight excluding hydrogens is 246 g/mol. The minimum Gasteiger partial charge on any atom is -0.453 e. The van der Waals surface area contributed by atoms with Crippen molar-refractivity contribution in [3.8, 4) is 11.5 Å². The number of nitrogens with one attached hydrogen (secondary N) is 1. The average Bonchev–Trinajstić information content (AvgIpc) is 2.44. The van der Waals surface area contributed by atoms with Gasteiger partial charge >= 0.3 is 0 Å². The van der Waals surface area contributed by atoms with Crippen LogP contribution in [0.2, 0.25) is 0 Å². The first-order valence-electron chi connectivity index (χ1n) is 6.79. The van der Waals surface area contributed by atoms with E-state index in [1.807, 2.05) is 24.3 Å². The first kappa shape index (κ1) is 11.4. The van der Waals surface area contributed by atoms with Crippen LogP contribution in [0.5, 0.6) is 11.5 Å². The molecule has 3 aromatic rings. The minimum atomic E-state index is 0.878. The van der Waals surface area contributed by atoms with Crippen molar-refractivity contribution in [2.24, 2.45) is 0 Å². The summed E-state index contributed by atoms with van der Waals surface area (Å²) in [6.45, 7) is 4.29. The molecular formula is C18H15NO. The van der Waals surface area contributed by atoms with Crippen LogP contribution in [0.4, 0.5) is 11.4 Å². The van der Waals surface area contributed by atoms with Crippen LogP contribution in [-0.2, 0) is 0 Å². The molecule has 0 saturated carbocycles. The zero-order valence-corrected chi connectivity index (χ0v) is 11.5. The van der Waals surface area contributed by atoms with Gasteiger partial charge in [-0.1, -0.05) is 24.3 Å². The predicted octanol–water partition coefficient (Wildman–Crippen LogP) is 5.31. The number of benzene rings is 3. The molecule has 0 aliphatic carbocycles. The van der Waals surface area contributed by atoms with Crippen molar-refractivity contribution in [1.82, 2.24) is 0 Å². The van der Waals surface area contributed by atoms with Gasteiger partial charge in [0.05, 0.1) is 11.4 Å². The molecule has 0 atom stereocenters. The third-order valence-electron chi connectivity index (χ3n) is 3.93. The number of aryl methyl sites for hydroxylation is 2. The second-order valence-electron chi connectivity index (χ2n) is 5.36. The molecule has 4 rings (SSSR count). The summed E-state index contributed by atoms with van der Waals surface area (Å²) >= 11 is 0. The van der Waals surface area contributed by atoms with Gasteiger partial charge in [0.25, 0.3) is 0 Å². The van der Waals surface area contributed by atoms with Gasteiger partial charge in [-0.15, -0.1) is 0 Å². The third kappa shape index (κ3) is 1.65. The Hall–Kier alpha value is -2.48. The number of fused-ring (bicyclic) bond motifs is 3. The van der Waals surface area contributed by atoms with Crippen molar-refractivity contribution < 1.29 is 4.74 Å². The van der Waals surface area contributed by atoms with Gasteiger partial charge in [0, 0.05) is 0 Å². The smallest absolute Gasteiger partial charge is 0.151 e. The summed E-state index contributed by atoms with van der Waals surface area (Å²) in [5.74, 6) is 1.77. The van der Waals surface area contributed by atoms with Gasteiger partial charge in [-0.3, -0.25) is 0 Å². The zero-order chi connectivity index (χ0) is 13.7. The summed E-state index contributed by atoms with van der Waals surface area (Å²) in [4.78, 5) is 0. The highest BCUT2D eigenvalue weighted by molar-refractivity contribution is 5.92. The normalized spacial score (nSPS) is 12.3. The molecule has 0 saturated heterocycles. The molecule has 2 heteroatoms. The summed E-state index contributed by atoms with van der Waals surface area (Å²) in [6.07, 6.45) is 0. The fourth-order valence-electron chi connectivity index (χ4n) is 2.66. The van der Waals surface area contributed by atoms with E-state index in [0.29, 0.717) is 0 Å². The maximum atomic E-state index is 5.99. The predicted molar refractivity (Wildman–Crippen MR) is 83.2 cm³/mol. The molecule has 3 aromatic carbocycles. The van der Waals surface area contributed by atoms with Gasteiger partial charge in [0.1, 0.15) is 0 Å². The lowest BCUT2D eigenvalue weighted by Crippen LogP contribution is -2.02. The van der Waals surface area contributed by atoms with Crippen molar-refractivity contribution >= 4 is 22.1 Å². The van der Waals surface area contributed by atoms with Crippen LogP contribution < -0.4 is 10.1 Å². The van der Waals surface area contributed by atoms with E-state index in [1.165, 1.54) is 21.9 Å². The standard InChI is InChI=1S/C18H15NO/c1-11-7-13-9-16-18(10-14(13)8-12(11)2)20-17-6-4-3-5-15(17)19-16/h3-10,19H,1-2H3. The van der Waals surface area contributed by atoms with Gasteiger partial charge in [-0.05, 0) is 60.0 Å². The van der Waals surface area contributed by atoms with E-state index in [0.717, 1.165) is 22.9 Å². The van der Waals surface area contributed by atoms with Crippen molar-refractivity contribution in [2.75, 3.05) is 5.32 Å². The Kier molecular flexibility index (Phi) is 2.27. The molecule has 0 radical (unpaired) electrons. The number of ether oxygens (including phenoxy) is 1. The maximum absolute atomic E-state index is 5.99. The highest BCUT2D eigenvalue weighted by Gasteiger charge is 2.16. The lowest BCUT2D eigenvalue weighted by molar-refractivity contribution is 0.482. The van der Waals surface area contributed by atoms with Crippen LogP contribution in [0.15, 0.2) is 48.5 Å². The summed E-state index contributed by atoms with van der Waals surface area (Å²) in [5.41, 5.74) is 4.67. The number of para-hydroxylation sites is 2. The molecule has 1 heterocycles. The van der Waals surface area contributed by atoms with Gasteiger partial charge in [-0.25, -0.2) is 0 Å². The zero-order valence-electron chi connectivity index (χ0n) is 11.5. The minimum absolute atomic E-state index is 0.878. The van der Waals surface area contributed by atoms with Crippen LogP contribution in [-0.4, -0.2) is 0 Å². The van der Waals surface area contributed by atoms with E-state index >= 15 is 0 Å². The quantitative estimate of drug-likeness (QED) is 0.463. The van der Waals surface area contributed by atoms with Crippen molar-refractivity contribution in [1.29, 1.82) is 0 Å². The Balaban J connectivity index is 1.92. The molecule has 2 nitrogen and oxygen atoms in total.